The van der Waals surface area contributed by atoms with Crippen molar-refractivity contribution in [3.05, 3.63) is 65.2 Å². The molecule has 0 saturated heterocycles. The fourth-order valence-corrected chi connectivity index (χ4v) is 3.62. The van der Waals surface area contributed by atoms with Gasteiger partial charge in [-0.25, -0.2) is 28.7 Å². The predicted molar refractivity (Wildman–Crippen MR) is 108 cm³/mol. The Labute approximate surface area is 182 Å². The van der Waals surface area contributed by atoms with E-state index in [1.807, 2.05) is 6.92 Å². The summed E-state index contributed by atoms with van der Waals surface area (Å²) in [6.45, 7) is 1.94. The quantitative estimate of drug-likeness (QED) is 0.372. The van der Waals surface area contributed by atoms with Crippen LogP contribution in [0.3, 0.4) is 0 Å². The predicted octanol–water partition coefficient (Wildman–Crippen LogP) is 5.61. The molecule has 4 rings (SSSR count). The summed E-state index contributed by atoms with van der Waals surface area (Å²) in [5, 5.41) is 3.26. The fourth-order valence-electron chi connectivity index (χ4n) is 2.99. The number of aromatic nitrogens is 4. The summed E-state index contributed by atoms with van der Waals surface area (Å²) in [5.41, 5.74) is 1.37. The minimum absolute atomic E-state index is 0.0218. The Morgan fingerprint density at radius 2 is 1.81 bits per heavy atom. The summed E-state index contributed by atoms with van der Waals surface area (Å²) >= 11 is 1.40. The minimum atomic E-state index is -5.07. The fraction of sp³-hybridized carbons (Fsp3) is 0.200. The number of ether oxygens (including phenoxy) is 1. The first-order valence-corrected chi connectivity index (χ1v) is 10.1. The molecule has 4 aromatic rings. The van der Waals surface area contributed by atoms with Gasteiger partial charge in [0.15, 0.2) is 23.1 Å². The average molecular weight is 467 g/mol. The van der Waals surface area contributed by atoms with E-state index >= 15 is 0 Å². The van der Waals surface area contributed by atoms with Gasteiger partial charge in [-0.05, 0) is 31.0 Å². The molecule has 0 aliphatic carbocycles. The van der Waals surface area contributed by atoms with Gasteiger partial charge in [0.2, 0.25) is 5.75 Å². The maximum Gasteiger partial charge on any atom is 0.436 e. The highest BCUT2D eigenvalue weighted by atomic mass is 32.1. The Hall–Kier alpha value is -3.41. The molecule has 1 N–H and O–H groups in total. The molecular formula is C20H14F5N5OS. The van der Waals surface area contributed by atoms with Crippen LogP contribution in [0.25, 0.3) is 10.3 Å². The lowest BCUT2D eigenvalue weighted by molar-refractivity contribution is -0.143. The number of fused-ring (bicyclic) bond motifs is 1. The van der Waals surface area contributed by atoms with E-state index in [4.69, 9.17) is 4.74 Å². The Morgan fingerprint density at radius 1 is 1.06 bits per heavy atom. The zero-order chi connectivity index (χ0) is 22.9. The first-order valence-electron chi connectivity index (χ1n) is 9.21. The summed E-state index contributed by atoms with van der Waals surface area (Å²) in [7, 11) is 0. The summed E-state index contributed by atoms with van der Waals surface area (Å²) in [5.74, 6) is -3.82. The third-order valence-corrected chi connectivity index (χ3v) is 5.14. The first kappa shape index (κ1) is 21.8. The molecule has 0 saturated carbocycles. The van der Waals surface area contributed by atoms with E-state index in [0.29, 0.717) is 17.8 Å². The molecule has 166 valence electrons. The summed E-state index contributed by atoms with van der Waals surface area (Å²) in [6.07, 6.45) is -2.79. The van der Waals surface area contributed by atoms with E-state index in [9.17, 15) is 22.0 Å². The number of rotatable bonds is 6. The summed E-state index contributed by atoms with van der Waals surface area (Å²) in [4.78, 5) is 16.1. The first-order chi connectivity index (χ1) is 15.2. The van der Waals surface area contributed by atoms with Crippen LogP contribution in [0.2, 0.25) is 0 Å². The zero-order valence-electron chi connectivity index (χ0n) is 16.3. The van der Waals surface area contributed by atoms with Crippen LogP contribution in [0.5, 0.6) is 11.5 Å². The molecule has 0 fully saturated rings. The molecule has 1 atom stereocenters. The van der Waals surface area contributed by atoms with Crippen molar-refractivity contribution >= 4 is 27.5 Å². The van der Waals surface area contributed by atoms with E-state index in [-0.39, 0.29) is 18.0 Å². The minimum Gasteiger partial charge on any atom is -0.451 e. The van der Waals surface area contributed by atoms with Crippen LogP contribution in [0.15, 0.2) is 42.3 Å². The molecule has 12 heteroatoms. The number of hydrogen-bond donors (Lipinski definition) is 1. The van der Waals surface area contributed by atoms with Crippen molar-refractivity contribution in [2.24, 2.45) is 0 Å². The standard InChI is InChI=1S/C20H14F5N5OS/c1-10(30-18-15-19(28-8-27-18)32-9-29-15)6-11-2-4-12(5-3-11)31-16-13(21)7-26-17(14(16)22)20(23,24)25/h2-5,7-10H,6H2,1H3,(H,27,28,30). The number of nitrogens with zero attached hydrogens (tertiary/aromatic N) is 4. The Balaban J connectivity index is 1.45. The number of halogens is 5. The van der Waals surface area contributed by atoms with E-state index in [2.05, 4.69) is 25.3 Å². The highest BCUT2D eigenvalue weighted by Gasteiger charge is 2.38. The van der Waals surface area contributed by atoms with Crippen LogP contribution >= 0.6 is 11.3 Å². The van der Waals surface area contributed by atoms with Crippen molar-refractivity contribution in [3.8, 4) is 11.5 Å². The van der Waals surface area contributed by atoms with Crippen LogP contribution in [0, 0.1) is 11.6 Å². The molecular weight excluding hydrogens is 453 g/mol. The Kier molecular flexibility index (Phi) is 5.87. The van der Waals surface area contributed by atoms with Crippen LogP contribution in [-0.4, -0.2) is 26.0 Å². The number of thiazole rings is 1. The maximum atomic E-state index is 14.1. The summed E-state index contributed by atoms with van der Waals surface area (Å²) in [6, 6.07) is 6.07. The van der Waals surface area contributed by atoms with Crippen LogP contribution in [0.1, 0.15) is 18.2 Å². The summed E-state index contributed by atoms with van der Waals surface area (Å²) < 4.78 is 71.4. The van der Waals surface area contributed by atoms with Gasteiger partial charge < -0.3 is 10.1 Å². The molecule has 0 radical (unpaired) electrons. The molecule has 6 nitrogen and oxygen atoms in total. The average Bonchev–Trinajstić information content (AvgIpc) is 3.21. The van der Waals surface area contributed by atoms with Gasteiger partial charge in [0.1, 0.15) is 22.4 Å². The number of anilines is 1. The lowest BCUT2D eigenvalue weighted by atomic mass is 10.1. The number of pyridine rings is 1. The number of benzene rings is 1. The van der Waals surface area contributed by atoms with Crippen molar-refractivity contribution in [1.82, 2.24) is 19.9 Å². The zero-order valence-corrected chi connectivity index (χ0v) is 17.1. The Bertz CT molecular complexity index is 1250. The van der Waals surface area contributed by atoms with Crippen molar-refractivity contribution in [3.63, 3.8) is 0 Å². The molecule has 1 unspecified atom stereocenters. The van der Waals surface area contributed by atoms with Gasteiger partial charge in [-0.3, -0.25) is 0 Å². The largest absolute Gasteiger partial charge is 0.451 e. The molecule has 0 spiro atoms. The monoisotopic (exact) mass is 467 g/mol. The molecule has 0 amide bonds. The van der Waals surface area contributed by atoms with Crippen LogP contribution < -0.4 is 10.1 Å². The van der Waals surface area contributed by atoms with E-state index in [1.165, 1.54) is 29.8 Å². The van der Waals surface area contributed by atoms with Gasteiger partial charge in [-0.15, -0.1) is 11.3 Å². The SMILES string of the molecule is CC(Cc1ccc(Oc2c(F)cnc(C(F)(F)F)c2F)cc1)Nc1ncnc2scnc12. The highest BCUT2D eigenvalue weighted by Crippen LogP contribution is 2.36. The molecule has 1 aromatic carbocycles. The van der Waals surface area contributed by atoms with Crippen molar-refractivity contribution in [1.29, 1.82) is 0 Å². The topological polar surface area (TPSA) is 72.8 Å². The molecule has 0 aliphatic rings. The third kappa shape index (κ3) is 4.59. The molecule has 0 bridgehead atoms. The van der Waals surface area contributed by atoms with Gasteiger partial charge in [0, 0.05) is 6.04 Å². The molecule has 32 heavy (non-hydrogen) atoms. The normalized spacial score (nSPS) is 12.7. The lowest BCUT2D eigenvalue weighted by Gasteiger charge is -2.15. The van der Waals surface area contributed by atoms with Gasteiger partial charge in [0.05, 0.1) is 11.7 Å². The van der Waals surface area contributed by atoms with Crippen molar-refractivity contribution < 1.29 is 26.7 Å². The Morgan fingerprint density at radius 3 is 2.53 bits per heavy atom. The second-order valence-electron chi connectivity index (χ2n) is 6.82. The van der Waals surface area contributed by atoms with Gasteiger partial charge in [0.25, 0.3) is 0 Å². The smallest absolute Gasteiger partial charge is 0.436 e. The highest BCUT2D eigenvalue weighted by molar-refractivity contribution is 7.16. The second kappa shape index (κ2) is 8.61. The van der Waals surface area contributed by atoms with E-state index in [0.717, 1.165) is 10.4 Å². The molecule has 0 aliphatic heterocycles. The second-order valence-corrected chi connectivity index (χ2v) is 7.65. The van der Waals surface area contributed by atoms with Crippen LogP contribution in [-0.2, 0) is 12.6 Å². The number of nitrogens with one attached hydrogen (secondary N) is 1. The third-order valence-electron chi connectivity index (χ3n) is 4.40. The van der Waals surface area contributed by atoms with E-state index < -0.39 is 29.3 Å². The number of hydrogen-bond acceptors (Lipinski definition) is 7. The van der Waals surface area contributed by atoms with Gasteiger partial charge >= 0.3 is 6.18 Å². The van der Waals surface area contributed by atoms with Gasteiger partial charge in [-0.1, -0.05) is 12.1 Å². The van der Waals surface area contributed by atoms with Crippen LogP contribution in [0.4, 0.5) is 27.8 Å². The van der Waals surface area contributed by atoms with E-state index in [1.54, 1.807) is 17.6 Å². The van der Waals surface area contributed by atoms with Crippen molar-refractivity contribution in [2.75, 3.05) is 5.32 Å². The number of alkyl halides is 3. The lowest BCUT2D eigenvalue weighted by Crippen LogP contribution is -2.19. The molecule has 3 aromatic heterocycles. The van der Waals surface area contributed by atoms with Crippen molar-refractivity contribution in [2.45, 2.75) is 25.6 Å². The molecule has 3 heterocycles. The van der Waals surface area contributed by atoms with Gasteiger partial charge in [-0.2, -0.15) is 13.2 Å². The maximum absolute atomic E-state index is 14.1.